The van der Waals surface area contributed by atoms with Gasteiger partial charge in [-0.1, -0.05) is 0 Å². The lowest BCUT2D eigenvalue weighted by Gasteiger charge is -2.05. The van der Waals surface area contributed by atoms with Crippen LogP contribution < -0.4 is 5.73 Å². The summed E-state index contributed by atoms with van der Waals surface area (Å²) in [5, 5.41) is 20.0. The largest absolute Gasteiger partial charge is 0.508 e. The Morgan fingerprint density at radius 2 is 2.29 bits per heavy atom. The normalized spacial score (nSPS) is 19.4. The molecule has 5 nitrogen and oxygen atoms in total. The molecule has 0 heterocycles. The Bertz CT molecular complexity index is 403. The van der Waals surface area contributed by atoms with Gasteiger partial charge >= 0.3 is 0 Å². The van der Waals surface area contributed by atoms with E-state index in [2.05, 4.69) is 0 Å². The molecule has 3 N–H and O–H groups in total. The third kappa shape index (κ3) is 1.22. The number of nitrogens with zero attached hydrogens (tertiary/aromatic N) is 1. The zero-order valence-electron chi connectivity index (χ0n) is 7.43. The highest BCUT2D eigenvalue weighted by molar-refractivity contribution is 5.54. The third-order valence-corrected chi connectivity index (χ3v) is 2.52. The van der Waals surface area contributed by atoms with Gasteiger partial charge in [0.15, 0.2) is 0 Å². The molecular formula is C9H10N2O3. The molecular weight excluding hydrogens is 184 g/mol. The van der Waals surface area contributed by atoms with Crippen LogP contribution >= 0.6 is 0 Å². The highest BCUT2D eigenvalue weighted by atomic mass is 16.6. The number of benzene rings is 1. The Kier molecular flexibility index (Phi) is 1.89. The van der Waals surface area contributed by atoms with E-state index in [0.717, 1.165) is 11.6 Å². The van der Waals surface area contributed by atoms with Crippen molar-refractivity contribution in [2.75, 3.05) is 0 Å². The minimum Gasteiger partial charge on any atom is -0.508 e. The summed E-state index contributed by atoms with van der Waals surface area (Å²) in [4.78, 5) is 10.2. The van der Waals surface area contributed by atoms with E-state index in [-0.39, 0.29) is 17.5 Å². The molecule has 74 valence electrons. The van der Waals surface area contributed by atoms with Crippen LogP contribution in [0.25, 0.3) is 0 Å². The van der Waals surface area contributed by atoms with Crippen LogP contribution in [0.5, 0.6) is 5.75 Å². The van der Waals surface area contributed by atoms with Gasteiger partial charge in [0, 0.05) is 11.6 Å². The van der Waals surface area contributed by atoms with Crippen molar-refractivity contribution < 1.29 is 10.0 Å². The smallest absolute Gasteiger partial charge is 0.278 e. The average Bonchev–Trinajstić information content (AvgIpc) is 2.46. The first-order valence-corrected chi connectivity index (χ1v) is 4.35. The fraction of sp³-hybridized carbons (Fsp3) is 0.333. The number of phenolic OH excluding ortho intramolecular Hbond substituents is 1. The number of hydrogen-bond donors (Lipinski definition) is 2. The second-order valence-electron chi connectivity index (χ2n) is 3.44. The van der Waals surface area contributed by atoms with Crippen LogP contribution in [0.2, 0.25) is 0 Å². The Balaban J connectivity index is 2.65. The predicted molar refractivity (Wildman–Crippen MR) is 50.0 cm³/mol. The Morgan fingerprint density at radius 3 is 2.93 bits per heavy atom. The number of hydrogen-bond acceptors (Lipinski definition) is 4. The molecule has 0 spiro atoms. The van der Waals surface area contributed by atoms with Gasteiger partial charge in [0.1, 0.15) is 5.75 Å². The molecule has 0 bridgehead atoms. The van der Waals surface area contributed by atoms with Gasteiger partial charge < -0.3 is 10.8 Å². The molecule has 0 saturated carbocycles. The lowest BCUT2D eigenvalue weighted by Crippen LogP contribution is -2.08. The van der Waals surface area contributed by atoms with Crippen LogP contribution in [0.1, 0.15) is 23.6 Å². The van der Waals surface area contributed by atoms with Gasteiger partial charge in [0.05, 0.1) is 11.0 Å². The number of aryl methyl sites for hydroxylation is 1. The van der Waals surface area contributed by atoms with E-state index >= 15 is 0 Å². The first kappa shape index (κ1) is 8.96. The van der Waals surface area contributed by atoms with E-state index in [1.807, 2.05) is 0 Å². The number of rotatable bonds is 1. The van der Waals surface area contributed by atoms with E-state index in [9.17, 15) is 15.2 Å². The van der Waals surface area contributed by atoms with Crippen LogP contribution in [0.3, 0.4) is 0 Å². The minimum absolute atomic E-state index is 0.0648. The van der Waals surface area contributed by atoms with Crippen molar-refractivity contribution in [3.63, 3.8) is 0 Å². The van der Waals surface area contributed by atoms with Crippen molar-refractivity contribution in [3.8, 4) is 5.75 Å². The highest BCUT2D eigenvalue weighted by Crippen LogP contribution is 2.38. The number of aromatic hydroxyl groups is 1. The molecule has 1 aliphatic carbocycles. The summed E-state index contributed by atoms with van der Waals surface area (Å²) in [6.45, 7) is 0. The Morgan fingerprint density at radius 1 is 1.57 bits per heavy atom. The molecule has 0 fully saturated rings. The summed E-state index contributed by atoms with van der Waals surface area (Å²) in [7, 11) is 0. The molecule has 2 rings (SSSR count). The van der Waals surface area contributed by atoms with Gasteiger partial charge in [-0.15, -0.1) is 0 Å². The molecule has 1 aromatic carbocycles. The standard InChI is InChI=1S/C9H10N2O3/c10-7-2-1-5-3-6(12)4-8(9(5)7)11(13)14/h3-4,7,12H,1-2,10H2/t7-/m1/s1. The topological polar surface area (TPSA) is 89.4 Å². The monoisotopic (exact) mass is 194 g/mol. The first-order chi connectivity index (χ1) is 6.59. The first-order valence-electron chi connectivity index (χ1n) is 4.35. The molecule has 0 amide bonds. The molecule has 0 radical (unpaired) electrons. The van der Waals surface area contributed by atoms with Gasteiger partial charge in [-0.25, -0.2) is 0 Å². The molecule has 0 saturated heterocycles. The summed E-state index contributed by atoms with van der Waals surface area (Å²) >= 11 is 0. The number of fused-ring (bicyclic) bond motifs is 1. The fourth-order valence-corrected chi connectivity index (χ4v) is 1.92. The SMILES string of the molecule is N[C@@H]1CCc2cc(O)cc([N+](=O)[O-])c21. The average molecular weight is 194 g/mol. The second kappa shape index (κ2) is 2.95. The maximum Gasteiger partial charge on any atom is 0.278 e. The van der Waals surface area contributed by atoms with Gasteiger partial charge in [0.2, 0.25) is 0 Å². The summed E-state index contributed by atoms with van der Waals surface area (Å²) < 4.78 is 0. The highest BCUT2D eigenvalue weighted by Gasteiger charge is 2.28. The third-order valence-electron chi connectivity index (χ3n) is 2.52. The Hall–Kier alpha value is -1.62. The van der Waals surface area contributed by atoms with Crippen LogP contribution in [-0.4, -0.2) is 10.0 Å². The van der Waals surface area contributed by atoms with Gasteiger partial charge in [0.25, 0.3) is 5.69 Å². The zero-order chi connectivity index (χ0) is 10.3. The summed E-state index contributed by atoms with van der Waals surface area (Å²) in [6, 6.07) is 2.44. The van der Waals surface area contributed by atoms with E-state index in [0.29, 0.717) is 18.4 Å². The molecule has 1 aromatic rings. The van der Waals surface area contributed by atoms with Gasteiger partial charge in [-0.05, 0) is 24.5 Å². The molecule has 0 unspecified atom stereocenters. The lowest BCUT2D eigenvalue weighted by molar-refractivity contribution is -0.385. The minimum atomic E-state index is -0.496. The van der Waals surface area contributed by atoms with Gasteiger partial charge in [-0.2, -0.15) is 0 Å². The summed E-state index contributed by atoms with van der Waals surface area (Å²) in [5.41, 5.74) is 7.06. The molecule has 5 heteroatoms. The van der Waals surface area contributed by atoms with Crippen molar-refractivity contribution in [1.29, 1.82) is 0 Å². The van der Waals surface area contributed by atoms with Gasteiger partial charge in [-0.3, -0.25) is 10.1 Å². The maximum atomic E-state index is 10.7. The quantitative estimate of drug-likeness (QED) is 0.520. The number of phenols is 1. The predicted octanol–water partition coefficient (Wildman–Crippen LogP) is 1.25. The number of nitrogens with two attached hydrogens (primary N) is 1. The summed E-state index contributed by atoms with van der Waals surface area (Å²) in [6.07, 6.45) is 1.41. The van der Waals surface area contributed by atoms with Crippen LogP contribution in [0.4, 0.5) is 5.69 Å². The number of nitro groups is 1. The molecule has 1 aliphatic rings. The van der Waals surface area contributed by atoms with Crippen molar-refractivity contribution in [2.45, 2.75) is 18.9 Å². The molecule has 0 aliphatic heterocycles. The Labute approximate surface area is 80.3 Å². The van der Waals surface area contributed by atoms with E-state index in [1.54, 1.807) is 6.07 Å². The van der Waals surface area contributed by atoms with Crippen LogP contribution in [-0.2, 0) is 6.42 Å². The van der Waals surface area contributed by atoms with E-state index < -0.39 is 4.92 Å². The van der Waals surface area contributed by atoms with Crippen LogP contribution in [0, 0.1) is 10.1 Å². The van der Waals surface area contributed by atoms with E-state index in [1.165, 1.54) is 0 Å². The maximum absolute atomic E-state index is 10.7. The van der Waals surface area contributed by atoms with Crippen molar-refractivity contribution in [1.82, 2.24) is 0 Å². The lowest BCUT2D eigenvalue weighted by atomic mass is 10.1. The number of nitro benzene ring substituents is 1. The van der Waals surface area contributed by atoms with Crippen molar-refractivity contribution >= 4 is 5.69 Å². The fourth-order valence-electron chi connectivity index (χ4n) is 1.92. The second-order valence-corrected chi connectivity index (χ2v) is 3.44. The van der Waals surface area contributed by atoms with Crippen molar-refractivity contribution in [2.24, 2.45) is 5.73 Å². The zero-order valence-corrected chi connectivity index (χ0v) is 7.43. The molecule has 0 aromatic heterocycles. The molecule has 1 atom stereocenters. The summed E-state index contributed by atoms with van der Waals surface area (Å²) in [5.74, 6) is -0.0652. The van der Waals surface area contributed by atoms with E-state index in [4.69, 9.17) is 5.73 Å². The molecule has 14 heavy (non-hydrogen) atoms. The van der Waals surface area contributed by atoms with Crippen molar-refractivity contribution in [3.05, 3.63) is 33.4 Å². The van der Waals surface area contributed by atoms with Crippen LogP contribution in [0.15, 0.2) is 12.1 Å².